The van der Waals surface area contributed by atoms with Gasteiger partial charge in [0.15, 0.2) is 0 Å². The van der Waals surface area contributed by atoms with Crippen molar-refractivity contribution in [3.63, 3.8) is 0 Å². The summed E-state index contributed by atoms with van der Waals surface area (Å²) in [6, 6.07) is 16.4. The van der Waals surface area contributed by atoms with Gasteiger partial charge >= 0.3 is 6.03 Å². The number of amides is 2. The van der Waals surface area contributed by atoms with Gasteiger partial charge in [-0.2, -0.15) is 0 Å². The van der Waals surface area contributed by atoms with Gasteiger partial charge in [-0.25, -0.2) is 4.79 Å². The molecule has 0 bridgehead atoms. The van der Waals surface area contributed by atoms with Gasteiger partial charge in [0.05, 0.1) is 0 Å². The van der Waals surface area contributed by atoms with Gasteiger partial charge < -0.3 is 15.5 Å². The first-order valence-corrected chi connectivity index (χ1v) is 9.16. The van der Waals surface area contributed by atoms with Crippen molar-refractivity contribution in [2.75, 3.05) is 29.9 Å². The van der Waals surface area contributed by atoms with E-state index < -0.39 is 0 Å². The van der Waals surface area contributed by atoms with Crippen LogP contribution in [-0.2, 0) is 6.42 Å². The van der Waals surface area contributed by atoms with E-state index in [1.54, 1.807) is 0 Å². The summed E-state index contributed by atoms with van der Waals surface area (Å²) in [7, 11) is 0. The number of piperidine rings is 1. The summed E-state index contributed by atoms with van der Waals surface area (Å²) in [5.74, 6) is 0. The van der Waals surface area contributed by atoms with Gasteiger partial charge in [-0.1, -0.05) is 29.8 Å². The molecule has 0 saturated carbocycles. The second-order valence-corrected chi connectivity index (χ2v) is 6.71. The Hall–Kier alpha value is -2.49. The zero-order chi connectivity index (χ0) is 17.5. The van der Waals surface area contributed by atoms with Crippen molar-refractivity contribution in [2.45, 2.75) is 32.6 Å². The molecule has 2 N–H and O–H groups in total. The van der Waals surface area contributed by atoms with E-state index in [0.29, 0.717) is 6.54 Å². The molecule has 3 rings (SSSR count). The molecule has 1 aliphatic heterocycles. The van der Waals surface area contributed by atoms with E-state index in [9.17, 15) is 4.79 Å². The number of hydrogen-bond acceptors (Lipinski definition) is 2. The molecule has 1 saturated heterocycles. The van der Waals surface area contributed by atoms with Crippen LogP contribution in [0.3, 0.4) is 0 Å². The molecule has 4 nitrogen and oxygen atoms in total. The molecule has 0 atom stereocenters. The molecule has 0 aromatic heterocycles. The minimum absolute atomic E-state index is 0.154. The van der Waals surface area contributed by atoms with Crippen LogP contribution < -0.4 is 15.5 Å². The average Bonchev–Trinajstić information content (AvgIpc) is 2.63. The highest BCUT2D eigenvalue weighted by atomic mass is 16.2. The Morgan fingerprint density at radius 1 is 1.04 bits per heavy atom. The van der Waals surface area contributed by atoms with Gasteiger partial charge in [0, 0.05) is 31.0 Å². The predicted octanol–water partition coefficient (Wildman–Crippen LogP) is 4.35. The average molecular weight is 337 g/mol. The maximum Gasteiger partial charge on any atom is 0.319 e. The Balaban J connectivity index is 1.44. The van der Waals surface area contributed by atoms with E-state index in [2.05, 4.69) is 58.9 Å². The zero-order valence-corrected chi connectivity index (χ0v) is 14.9. The second-order valence-electron chi connectivity index (χ2n) is 6.71. The fraction of sp³-hybridized carbons (Fsp3) is 0.381. The van der Waals surface area contributed by atoms with Crippen molar-refractivity contribution in [1.29, 1.82) is 0 Å². The van der Waals surface area contributed by atoms with E-state index in [-0.39, 0.29) is 6.03 Å². The Bertz CT molecular complexity index is 691. The standard InChI is InChI=1S/C21H27N3O/c1-17-6-5-7-18(16-17)12-13-22-21(25)23-19-8-10-20(11-9-19)24-14-3-2-4-15-24/h5-11,16H,2-4,12-15H2,1H3,(H2,22,23,25). The lowest BCUT2D eigenvalue weighted by Crippen LogP contribution is -2.30. The first-order valence-electron chi connectivity index (χ1n) is 9.16. The SMILES string of the molecule is Cc1cccc(CCNC(=O)Nc2ccc(N3CCCCC3)cc2)c1. The summed E-state index contributed by atoms with van der Waals surface area (Å²) < 4.78 is 0. The van der Waals surface area contributed by atoms with Crippen molar-refractivity contribution >= 4 is 17.4 Å². The number of hydrogen-bond donors (Lipinski definition) is 2. The first kappa shape index (κ1) is 17.3. The molecule has 0 unspecified atom stereocenters. The molecule has 0 spiro atoms. The maximum absolute atomic E-state index is 12.0. The van der Waals surface area contributed by atoms with Crippen molar-refractivity contribution < 1.29 is 4.79 Å². The van der Waals surface area contributed by atoms with Crippen LogP contribution >= 0.6 is 0 Å². The highest BCUT2D eigenvalue weighted by Gasteiger charge is 2.10. The van der Waals surface area contributed by atoms with Gasteiger partial charge in [0.2, 0.25) is 0 Å². The number of rotatable bonds is 5. The van der Waals surface area contributed by atoms with Crippen LogP contribution in [-0.4, -0.2) is 25.7 Å². The number of nitrogens with zero attached hydrogens (tertiary/aromatic N) is 1. The third-order valence-corrected chi connectivity index (χ3v) is 4.63. The fourth-order valence-corrected chi connectivity index (χ4v) is 3.27. The normalized spacial score (nSPS) is 14.2. The highest BCUT2D eigenvalue weighted by Crippen LogP contribution is 2.21. The number of carbonyl (C=O) groups excluding carboxylic acids is 1. The number of aryl methyl sites for hydroxylation is 1. The van der Waals surface area contributed by atoms with Crippen molar-refractivity contribution in [3.8, 4) is 0 Å². The molecule has 1 aliphatic rings. The number of urea groups is 1. The summed E-state index contributed by atoms with van der Waals surface area (Å²) >= 11 is 0. The van der Waals surface area contributed by atoms with E-state index in [4.69, 9.17) is 0 Å². The van der Waals surface area contributed by atoms with E-state index >= 15 is 0 Å². The number of carbonyl (C=O) groups is 1. The molecule has 1 fully saturated rings. The lowest BCUT2D eigenvalue weighted by Gasteiger charge is -2.28. The molecule has 1 heterocycles. The molecule has 2 aromatic carbocycles. The molecule has 0 radical (unpaired) electrons. The van der Waals surface area contributed by atoms with Crippen molar-refractivity contribution in [3.05, 3.63) is 59.7 Å². The van der Waals surface area contributed by atoms with Crippen LogP contribution in [0.5, 0.6) is 0 Å². The summed E-state index contributed by atoms with van der Waals surface area (Å²) in [6.07, 6.45) is 4.70. The molecular weight excluding hydrogens is 310 g/mol. The van der Waals surface area contributed by atoms with Crippen LogP contribution in [0.25, 0.3) is 0 Å². The van der Waals surface area contributed by atoms with Crippen LogP contribution in [0.2, 0.25) is 0 Å². The molecule has 4 heteroatoms. The molecule has 25 heavy (non-hydrogen) atoms. The molecule has 2 amide bonds. The lowest BCUT2D eigenvalue weighted by atomic mass is 10.1. The van der Waals surface area contributed by atoms with Gasteiger partial charge in [0.1, 0.15) is 0 Å². The minimum Gasteiger partial charge on any atom is -0.372 e. The van der Waals surface area contributed by atoms with Crippen LogP contribution in [0, 0.1) is 6.92 Å². The second kappa shape index (κ2) is 8.56. The van der Waals surface area contributed by atoms with Gasteiger partial charge in [-0.05, 0) is 62.4 Å². The summed E-state index contributed by atoms with van der Waals surface area (Å²) in [5, 5.41) is 5.82. The Labute approximate surface area is 150 Å². The number of nitrogens with one attached hydrogen (secondary N) is 2. The minimum atomic E-state index is -0.154. The topological polar surface area (TPSA) is 44.4 Å². The monoisotopic (exact) mass is 337 g/mol. The van der Waals surface area contributed by atoms with Gasteiger partial charge in [-0.15, -0.1) is 0 Å². The van der Waals surface area contributed by atoms with Crippen LogP contribution in [0.4, 0.5) is 16.2 Å². The lowest BCUT2D eigenvalue weighted by molar-refractivity contribution is 0.252. The van der Waals surface area contributed by atoms with Crippen LogP contribution in [0.15, 0.2) is 48.5 Å². The summed E-state index contributed by atoms with van der Waals surface area (Å²) in [4.78, 5) is 14.4. The van der Waals surface area contributed by atoms with E-state index in [1.807, 2.05) is 12.1 Å². The smallest absolute Gasteiger partial charge is 0.319 e. The van der Waals surface area contributed by atoms with Crippen LogP contribution in [0.1, 0.15) is 30.4 Å². The quantitative estimate of drug-likeness (QED) is 0.852. The Morgan fingerprint density at radius 3 is 2.52 bits per heavy atom. The molecule has 132 valence electrons. The first-order chi connectivity index (χ1) is 12.2. The fourth-order valence-electron chi connectivity index (χ4n) is 3.27. The highest BCUT2D eigenvalue weighted by molar-refractivity contribution is 5.89. The Morgan fingerprint density at radius 2 is 1.80 bits per heavy atom. The third-order valence-electron chi connectivity index (χ3n) is 4.63. The molecular formula is C21H27N3O. The largest absolute Gasteiger partial charge is 0.372 e. The summed E-state index contributed by atoms with van der Waals surface area (Å²) in [5.41, 5.74) is 4.56. The van der Waals surface area contributed by atoms with Crippen molar-refractivity contribution in [1.82, 2.24) is 5.32 Å². The number of anilines is 2. The van der Waals surface area contributed by atoms with Gasteiger partial charge in [-0.3, -0.25) is 0 Å². The molecule has 0 aliphatic carbocycles. The predicted molar refractivity (Wildman–Crippen MR) is 104 cm³/mol. The Kier molecular flexibility index (Phi) is 5.94. The number of benzene rings is 2. The van der Waals surface area contributed by atoms with E-state index in [0.717, 1.165) is 25.2 Å². The zero-order valence-electron chi connectivity index (χ0n) is 14.9. The summed E-state index contributed by atoms with van der Waals surface area (Å²) in [6.45, 7) is 4.97. The maximum atomic E-state index is 12.0. The third kappa shape index (κ3) is 5.24. The molecule has 2 aromatic rings. The van der Waals surface area contributed by atoms with Gasteiger partial charge in [0.25, 0.3) is 0 Å². The van der Waals surface area contributed by atoms with E-state index in [1.165, 1.54) is 36.1 Å². The van der Waals surface area contributed by atoms with Crippen molar-refractivity contribution in [2.24, 2.45) is 0 Å².